The number of nitriles is 1. The van der Waals surface area contributed by atoms with Crippen LogP contribution in [0.5, 0.6) is 0 Å². The number of amides is 1. The number of benzene rings is 1. The van der Waals surface area contributed by atoms with E-state index in [0.717, 1.165) is 31.7 Å². The van der Waals surface area contributed by atoms with Gasteiger partial charge in [-0.15, -0.1) is 0 Å². The molecule has 5 heteroatoms. The summed E-state index contributed by atoms with van der Waals surface area (Å²) < 4.78 is 0. The van der Waals surface area contributed by atoms with Gasteiger partial charge < -0.3 is 15.1 Å². The first-order valence-electron chi connectivity index (χ1n) is 7.01. The van der Waals surface area contributed by atoms with Gasteiger partial charge in [-0.3, -0.25) is 4.79 Å². The fraction of sp³-hybridized carbons (Fsp3) is 0.375. The highest BCUT2D eigenvalue weighted by Gasteiger charge is 2.15. The van der Waals surface area contributed by atoms with Gasteiger partial charge in [0.25, 0.3) is 5.91 Å². The number of likely N-dealkylation sites (N-methyl/N-ethyl adjacent to an activating group) is 1. The van der Waals surface area contributed by atoms with Gasteiger partial charge in [-0.25, -0.2) is 0 Å². The van der Waals surface area contributed by atoms with Gasteiger partial charge in [-0.2, -0.15) is 5.26 Å². The number of carbonyl (C=O) groups is 1. The van der Waals surface area contributed by atoms with Crippen LogP contribution in [-0.4, -0.2) is 48.9 Å². The summed E-state index contributed by atoms with van der Waals surface area (Å²) in [4.78, 5) is 16.4. The molecular formula is C16H20N4O. The molecule has 110 valence electrons. The molecule has 1 amide bonds. The van der Waals surface area contributed by atoms with Crippen molar-refractivity contribution < 1.29 is 4.79 Å². The molecule has 1 heterocycles. The Balaban J connectivity index is 2.01. The number of rotatable bonds is 3. The molecule has 0 unspecified atom stereocenters. The van der Waals surface area contributed by atoms with E-state index in [1.165, 1.54) is 0 Å². The number of nitrogens with one attached hydrogen (secondary N) is 1. The van der Waals surface area contributed by atoms with Crippen LogP contribution in [0.25, 0.3) is 0 Å². The van der Waals surface area contributed by atoms with Crippen molar-refractivity contribution in [1.82, 2.24) is 9.80 Å². The summed E-state index contributed by atoms with van der Waals surface area (Å²) in [5.41, 5.74) is 1.96. The number of hydrogen-bond acceptors (Lipinski definition) is 4. The molecule has 1 saturated heterocycles. The van der Waals surface area contributed by atoms with Gasteiger partial charge >= 0.3 is 0 Å². The van der Waals surface area contributed by atoms with Crippen molar-refractivity contribution in [1.29, 1.82) is 5.26 Å². The maximum atomic E-state index is 12.1. The van der Waals surface area contributed by atoms with E-state index in [-0.39, 0.29) is 11.5 Å². The molecule has 1 fully saturated rings. The monoisotopic (exact) mass is 284 g/mol. The van der Waals surface area contributed by atoms with Gasteiger partial charge in [0.2, 0.25) is 0 Å². The van der Waals surface area contributed by atoms with Crippen LogP contribution in [0.3, 0.4) is 0 Å². The number of aryl methyl sites for hydroxylation is 1. The molecule has 0 spiro atoms. The average molecular weight is 284 g/mol. The van der Waals surface area contributed by atoms with E-state index in [1.54, 1.807) is 6.20 Å². The van der Waals surface area contributed by atoms with Crippen LogP contribution in [-0.2, 0) is 4.79 Å². The molecule has 0 atom stereocenters. The van der Waals surface area contributed by atoms with Crippen molar-refractivity contribution in [2.24, 2.45) is 0 Å². The van der Waals surface area contributed by atoms with E-state index in [2.05, 4.69) is 17.3 Å². The van der Waals surface area contributed by atoms with Crippen LogP contribution in [0, 0.1) is 18.3 Å². The van der Waals surface area contributed by atoms with E-state index in [9.17, 15) is 10.1 Å². The fourth-order valence-corrected chi connectivity index (χ4v) is 2.11. The Bertz CT molecular complexity index is 563. The van der Waals surface area contributed by atoms with E-state index < -0.39 is 0 Å². The molecule has 0 aromatic heterocycles. The molecule has 1 aliphatic rings. The highest BCUT2D eigenvalue weighted by atomic mass is 16.1. The second-order valence-corrected chi connectivity index (χ2v) is 5.31. The summed E-state index contributed by atoms with van der Waals surface area (Å²) >= 11 is 0. The summed E-state index contributed by atoms with van der Waals surface area (Å²) in [5.74, 6) is -0.361. The predicted molar refractivity (Wildman–Crippen MR) is 82.6 cm³/mol. The average Bonchev–Trinajstić information content (AvgIpc) is 2.49. The van der Waals surface area contributed by atoms with Crippen molar-refractivity contribution in [2.75, 3.05) is 38.5 Å². The highest BCUT2D eigenvalue weighted by Crippen LogP contribution is 2.11. The molecule has 1 aromatic rings. The first-order chi connectivity index (χ1) is 10.1. The van der Waals surface area contributed by atoms with Gasteiger partial charge in [0, 0.05) is 38.1 Å². The molecular weight excluding hydrogens is 264 g/mol. The number of piperazine rings is 1. The quantitative estimate of drug-likeness (QED) is 0.676. The Morgan fingerprint density at radius 1 is 1.24 bits per heavy atom. The van der Waals surface area contributed by atoms with Gasteiger partial charge in [0.05, 0.1) is 0 Å². The van der Waals surface area contributed by atoms with Crippen molar-refractivity contribution in [3.63, 3.8) is 0 Å². The summed E-state index contributed by atoms with van der Waals surface area (Å²) in [6.07, 6.45) is 1.66. The molecule has 1 N–H and O–H groups in total. The number of hydrogen-bond donors (Lipinski definition) is 1. The molecule has 1 aromatic carbocycles. The molecule has 1 aliphatic heterocycles. The van der Waals surface area contributed by atoms with Crippen LogP contribution < -0.4 is 5.32 Å². The Kier molecular flexibility index (Phi) is 4.96. The largest absolute Gasteiger partial charge is 0.374 e. The SMILES string of the molecule is Cc1ccc(NC(=O)/C(C#N)=C\N2CCN(C)CC2)cc1. The molecule has 2 rings (SSSR count). The first-order valence-corrected chi connectivity index (χ1v) is 7.01. The summed E-state index contributed by atoms with van der Waals surface area (Å²) in [7, 11) is 2.07. The molecule has 0 radical (unpaired) electrons. The second-order valence-electron chi connectivity index (χ2n) is 5.31. The van der Waals surface area contributed by atoms with Crippen molar-refractivity contribution in [3.05, 3.63) is 41.6 Å². The lowest BCUT2D eigenvalue weighted by Gasteiger charge is -2.31. The lowest BCUT2D eigenvalue weighted by atomic mass is 10.2. The van der Waals surface area contributed by atoms with Crippen LogP contribution in [0.4, 0.5) is 5.69 Å². The minimum Gasteiger partial charge on any atom is -0.374 e. The smallest absolute Gasteiger partial charge is 0.267 e. The lowest BCUT2D eigenvalue weighted by Crippen LogP contribution is -2.42. The molecule has 0 bridgehead atoms. The zero-order chi connectivity index (χ0) is 15.2. The molecule has 0 saturated carbocycles. The number of anilines is 1. The van der Waals surface area contributed by atoms with Gasteiger partial charge in [-0.05, 0) is 26.1 Å². The van der Waals surface area contributed by atoms with E-state index in [0.29, 0.717) is 5.69 Å². The van der Waals surface area contributed by atoms with Crippen molar-refractivity contribution in [3.8, 4) is 6.07 Å². The van der Waals surface area contributed by atoms with E-state index in [4.69, 9.17) is 0 Å². The summed E-state index contributed by atoms with van der Waals surface area (Å²) in [6, 6.07) is 9.49. The maximum Gasteiger partial charge on any atom is 0.267 e. The third-order valence-electron chi connectivity index (χ3n) is 3.52. The third kappa shape index (κ3) is 4.33. The van der Waals surface area contributed by atoms with Crippen LogP contribution in [0.1, 0.15) is 5.56 Å². The predicted octanol–water partition coefficient (Wildman–Crippen LogP) is 1.59. The van der Waals surface area contributed by atoms with Crippen molar-refractivity contribution >= 4 is 11.6 Å². The summed E-state index contributed by atoms with van der Waals surface area (Å²) in [5, 5.41) is 11.9. The highest BCUT2D eigenvalue weighted by molar-refractivity contribution is 6.06. The van der Waals surface area contributed by atoms with Gasteiger partial charge in [0.1, 0.15) is 11.6 Å². The van der Waals surface area contributed by atoms with Crippen molar-refractivity contribution in [2.45, 2.75) is 6.92 Å². The Hall–Kier alpha value is -2.32. The Morgan fingerprint density at radius 2 is 1.86 bits per heavy atom. The van der Waals surface area contributed by atoms with Crippen LogP contribution >= 0.6 is 0 Å². The second kappa shape index (κ2) is 6.91. The zero-order valence-corrected chi connectivity index (χ0v) is 12.5. The number of nitrogens with zero attached hydrogens (tertiary/aromatic N) is 3. The van der Waals surface area contributed by atoms with Crippen LogP contribution in [0.2, 0.25) is 0 Å². The molecule has 5 nitrogen and oxygen atoms in total. The molecule has 21 heavy (non-hydrogen) atoms. The summed E-state index contributed by atoms with van der Waals surface area (Å²) in [6.45, 7) is 5.53. The van der Waals surface area contributed by atoms with E-state index >= 15 is 0 Å². The topological polar surface area (TPSA) is 59.4 Å². The zero-order valence-electron chi connectivity index (χ0n) is 12.5. The Morgan fingerprint density at radius 3 is 2.43 bits per heavy atom. The minimum absolute atomic E-state index is 0.139. The number of carbonyl (C=O) groups excluding carboxylic acids is 1. The first kappa shape index (κ1) is 15.1. The normalized spacial score (nSPS) is 16.4. The Labute approximate surface area is 125 Å². The lowest BCUT2D eigenvalue weighted by molar-refractivity contribution is -0.112. The standard InChI is InChI=1S/C16H20N4O/c1-13-3-5-15(6-4-13)18-16(21)14(11-17)12-20-9-7-19(2)8-10-20/h3-6,12H,7-10H2,1-2H3,(H,18,21)/b14-12-. The van der Waals surface area contributed by atoms with Gasteiger partial charge in [0.15, 0.2) is 0 Å². The third-order valence-corrected chi connectivity index (χ3v) is 3.52. The van der Waals surface area contributed by atoms with Crippen LogP contribution in [0.15, 0.2) is 36.0 Å². The van der Waals surface area contributed by atoms with E-state index in [1.807, 2.05) is 42.2 Å². The maximum absolute atomic E-state index is 12.1. The minimum atomic E-state index is -0.361. The van der Waals surface area contributed by atoms with Gasteiger partial charge in [-0.1, -0.05) is 17.7 Å². The fourth-order valence-electron chi connectivity index (χ4n) is 2.11. The molecule has 0 aliphatic carbocycles.